The predicted octanol–water partition coefficient (Wildman–Crippen LogP) is 1.56. The lowest BCUT2D eigenvalue weighted by atomic mass is 10.1. The summed E-state index contributed by atoms with van der Waals surface area (Å²) in [5.41, 5.74) is 0.408. The smallest absolute Gasteiger partial charge is 0.291 e. The van der Waals surface area contributed by atoms with E-state index in [4.69, 9.17) is 9.47 Å². The maximum absolute atomic E-state index is 11.0. The van der Waals surface area contributed by atoms with Crippen LogP contribution in [0.4, 0.5) is 5.69 Å². The summed E-state index contributed by atoms with van der Waals surface area (Å²) in [5, 5.41) is 14.3. The summed E-state index contributed by atoms with van der Waals surface area (Å²) in [5.74, 6) is 0.372. The van der Waals surface area contributed by atoms with Crippen molar-refractivity contribution in [3.05, 3.63) is 27.9 Å². The second-order valence-corrected chi connectivity index (χ2v) is 4.39. The molecule has 0 saturated carbocycles. The van der Waals surface area contributed by atoms with Gasteiger partial charge < -0.3 is 14.8 Å². The summed E-state index contributed by atoms with van der Waals surface area (Å²) in [7, 11) is 3.09. The van der Waals surface area contributed by atoms with Crippen molar-refractivity contribution in [3.63, 3.8) is 0 Å². The molecule has 0 fully saturated rings. The number of aromatic nitrogens is 1. The SMILES string of the molecule is CCCNC(COC)Cc1nc(OC)ccc1[N+](=O)[O-]. The highest BCUT2D eigenvalue weighted by Crippen LogP contribution is 2.21. The summed E-state index contributed by atoms with van der Waals surface area (Å²) in [4.78, 5) is 14.8. The van der Waals surface area contributed by atoms with E-state index in [1.807, 2.05) is 0 Å². The number of nitro groups is 1. The highest BCUT2D eigenvalue weighted by molar-refractivity contribution is 5.38. The van der Waals surface area contributed by atoms with E-state index in [9.17, 15) is 10.1 Å². The van der Waals surface area contributed by atoms with Gasteiger partial charge in [0.05, 0.1) is 18.6 Å². The van der Waals surface area contributed by atoms with Gasteiger partial charge in [0.2, 0.25) is 5.88 Å². The van der Waals surface area contributed by atoms with Crippen LogP contribution in [-0.4, -0.2) is 43.3 Å². The molecule has 0 aliphatic heterocycles. The van der Waals surface area contributed by atoms with Gasteiger partial charge in [0.25, 0.3) is 5.69 Å². The minimum atomic E-state index is -0.425. The Labute approximate surface area is 118 Å². The minimum absolute atomic E-state index is 0.00482. The lowest BCUT2D eigenvalue weighted by Crippen LogP contribution is -2.36. The Hall–Kier alpha value is -1.73. The first-order valence-corrected chi connectivity index (χ1v) is 6.53. The van der Waals surface area contributed by atoms with Crippen LogP contribution >= 0.6 is 0 Å². The topological polar surface area (TPSA) is 86.5 Å². The molecule has 0 aliphatic rings. The molecule has 1 aromatic rings. The molecule has 7 heteroatoms. The fraction of sp³-hybridized carbons (Fsp3) is 0.615. The molecule has 0 spiro atoms. The van der Waals surface area contributed by atoms with Crippen LogP contribution in [0.25, 0.3) is 0 Å². The fourth-order valence-corrected chi connectivity index (χ4v) is 1.88. The zero-order valence-corrected chi connectivity index (χ0v) is 12.1. The molecule has 20 heavy (non-hydrogen) atoms. The Morgan fingerprint density at radius 1 is 1.45 bits per heavy atom. The Bertz CT molecular complexity index is 440. The lowest BCUT2D eigenvalue weighted by molar-refractivity contribution is -0.386. The molecule has 1 aromatic heterocycles. The average Bonchev–Trinajstić information content (AvgIpc) is 2.44. The molecule has 1 atom stereocenters. The highest BCUT2D eigenvalue weighted by Gasteiger charge is 2.20. The van der Waals surface area contributed by atoms with Crippen LogP contribution in [0.15, 0.2) is 12.1 Å². The quantitative estimate of drug-likeness (QED) is 0.546. The number of pyridine rings is 1. The highest BCUT2D eigenvalue weighted by atomic mass is 16.6. The normalized spacial score (nSPS) is 12.2. The van der Waals surface area contributed by atoms with E-state index < -0.39 is 4.92 Å². The first-order chi connectivity index (χ1) is 9.62. The Morgan fingerprint density at radius 2 is 2.20 bits per heavy atom. The van der Waals surface area contributed by atoms with Crippen molar-refractivity contribution in [2.45, 2.75) is 25.8 Å². The van der Waals surface area contributed by atoms with Crippen molar-refractivity contribution in [2.75, 3.05) is 27.4 Å². The van der Waals surface area contributed by atoms with E-state index >= 15 is 0 Å². The van der Waals surface area contributed by atoms with Crippen LogP contribution in [-0.2, 0) is 11.2 Å². The molecular weight excluding hydrogens is 262 g/mol. The van der Waals surface area contributed by atoms with Crippen molar-refractivity contribution in [1.82, 2.24) is 10.3 Å². The van der Waals surface area contributed by atoms with E-state index in [-0.39, 0.29) is 11.7 Å². The summed E-state index contributed by atoms with van der Waals surface area (Å²) in [6.07, 6.45) is 1.40. The van der Waals surface area contributed by atoms with Crippen LogP contribution < -0.4 is 10.1 Å². The molecule has 0 aliphatic carbocycles. The first kappa shape index (κ1) is 16.3. The zero-order chi connectivity index (χ0) is 15.0. The number of hydrogen-bond donors (Lipinski definition) is 1. The van der Waals surface area contributed by atoms with Gasteiger partial charge in [0.1, 0.15) is 5.69 Å². The molecule has 0 radical (unpaired) electrons. The van der Waals surface area contributed by atoms with Gasteiger partial charge in [-0.2, -0.15) is 0 Å². The monoisotopic (exact) mass is 283 g/mol. The molecule has 0 amide bonds. The van der Waals surface area contributed by atoms with Crippen LogP contribution in [0.1, 0.15) is 19.0 Å². The number of rotatable bonds is 9. The van der Waals surface area contributed by atoms with Gasteiger partial charge in [-0.3, -0.25) is 10.1 Å². The van der Waals surface area contributed by atoms with Crippen LogP contribution in [0, 0.1) is 10.1 Å². The summed E-state index contributed by atoms with van der Waals surface area (Å²) in [6, 6.07) is 2.90. The van der Waals surface area contributed by atoms with E-state index in [0.717, 1.165) is 13.0 Å². The number of methoxy groups -OCH3 is 2. The molecule has 112 valence electrons. The molecule has 1 unspecified atom stereocenters. The van der Waals surface area contributed by atoms with E-state index in [1.54, 1.807) is 7.11 Å². The van der Waals surface area contributed by atoms with Crippen LogP contribution in [0.3, 0.4) is 0 Å². The van der Waals surface area contributed by atoms with Crippen molar-refractivity contribution < 1.29 is 14.4 Å². The van der Waals surface area contributed by atoms with Crippen LogP contribution in [0.5, 0.6) is 5.88 Å². The number of hydrogen-bond acceptors (Lipinski definition) is 6. The maximum Gasteiger partial charge on any atom is 0.291 e. The molecular formula is C13H21N3O4. The van der Waals surface area contributed by atoms with Gasteiger partial charge >= 0.3 is 0 Å². The van der Waals surface area contributed by atoms with Crippen molar-refractivity contribution in [2.24, 2.45) is 0 Å². The van der Waals surface area contributed by atoms with Gasteiger partial charge in [-0.05, 0) is 13.0 Å². The third-order valence-electron chi connectivity index (χ3n) is 2.82. The fourth-order valence-electron chi connectivity index (χ4n) is 1.88. The molecule has 1 rings (SSSR count). The van der Waals surface area contributed by atoms with E-state index in [0.29, 0.717) is 24.6 Å². The molecule has 0 aromatic carbocycles. The van der Waals surface area contributed by atoms with Crippen molar-refractivity contribution in [1.29, 1.82) is 0 Å². The molecule has 0 bridgehead atoms. The third kappa shape index (κ3) is 4.75. The first-order valence-electron chi connectivity index (χ1n) is 6.53. The van der Waals surface area contributed by atoms with Crippen molar-refractivity contribution >= 4 is 5.69 Å². The van der Waals surface area contributed by atoms with Gasteiger partial charge in [-0.1, -0.05) is 6.92 Å². The van der Waals surface area contributed by atoms with Crippen molar-refractivity contribution in [3.8, 4) is 5.88 Å². The molecule has 7 nitrogen and oxygen atoms in total. The minimum Gasteiger partial charge on any atom is -0.481 e. The Kier molecular flexibility index (Phi) is 6.89. The van der Waals surface area contributed by atoms with Gasteiger partial charge in [0, 0.05) is 31.7 Å². The number of nitrogens with one attached hydrogen (secondary N) is 1. The summed E-state index contributed by atoms with van der Waals surface area (Å²) in [6.45, 7) is 3.35. The second kappa shape index (κ2) is 8.44. The Morgan fingerprint density at radius 3 is 2.75 bits per heavy atom. The molecule has 1 N–H and O–H groups in total. The predicted molar refractivity (Wildman–Crippen MR) is 75.1 cm³/mol. The second-order valence-electron chi connectivity index (χ2n) is 4.39. The maximum atomic E-state index is 11.0. The molecule has 1 heterocycles. The lowest BCUT2D eigenvalue weighted by Gasteiger charge is -2.17. The van der Waals surface area contributed by atoms with E-state index in [1.165, 1.54) is 19.2 Å². The Balaban J connectivity index is 2.93. The molecule has 0 saturated heterocycles. The van der Waals surface area contributed by atoms with Gasteiger partial charge in [0.15, 0.2) is 0 Å². The van der Waals surface area contributed by atoms with Crippen LogP contribution in [0.2, 0.25) is 0 Å². The van der Waals surface area contributed by atoms with Gasteiger partial charge in [-0.25, -0.2) is 4.98 Å². The standard InChI is InChI=1S/C13H21N3O4/c1-4-7-14-10(9-19-2)8-11-12(16(17)18)5-6-13(15-11)20-3/h5-6,10,14H,4,7-9H2,1-3H3. The number of ether oxygens (including phenoxy) is 2. The zero-order valence-electron chi connectivity index (χ0n) is 12.1. The van der Waals surface area contributed by atoms with E-state index in [2.05, 4.69) is 17.2 Å². The summed E-state index contributed by atoms with van der Waals surface area (Å²) < 4.78 is 10.2. The summed E-state index contributed by atoms with van der Waals surface area (Å²) >= 11 is 0. The number of nitrogens with zero attached hydrogens (tertiary/aromatic N) is 2. The van der Waals surface area contributed by atoms with Gasteiger partial charge in [-0.15, -0.1) is 0 Å². The average molecular weight is 283 g/mol. The third-order valence-corrected chi connectivity index (χ3v) is 2.82. The largest absolute Gasteiger partial charge is 0.481 e.